The monoisotopic (exact) mass is 392 g/mol. The van der Waals surface area contributed by atoms with Crippen LogP contribution in [0, 0.1) is 0 Å². The Kier molecular flexibility index (Phi) is 8.13. The molecule has 0 aromatic heterocycles. The molecule has 0 aliphatic carbocycles. The molecule has 27 heavy (non-hydrogen) atoms. The first kappa shape index (κ1) is 21.3. The lowest BCUT2D eigenvalue weighted by atomic mass is 10.0. The van der Waals surface area contributed by atoms with E-state index in [9.17, 15) is 18.1 Å². The second-order valence-corrected chi connectivity index (χ2v) is 8.08. The smallest absolute Gasteiger partial charge is 0.298 e. The molecule has 0 saturated heterocycles. The Morgan fingerprint density at radius 3 is 2.30 bits per heavy atom. The van der Waals surface area contributed by atoms with Gasteiger partial charge >= 0.3 is 0 Å². The van der Waals surface area contributed by atoms with Gasteiger partial charge in [-0.1, -0.05) is 57.6 Å². The van der Waals surface area contributed by atoms with E-state index < -0.39 is 10.1 Å². The molecular formula is C21H28O5S. The van der Waals surface area contributed by atoms with Crippen LogP contribution in [-0.2, 0) is 16.5 Å². The summed E-state index contributed by atoms with van der Waals surface area (Å²) in [5, 5.41) is 10.1. The van der Waals surface area contributed by atoms with Crippen molar-refractivity contribution < 1.29 is 22.8 Å². The second-order valence-electron chi connectivity index (χ2n) is 6.69. The zero-order chi connectivity index (χ0) is 19.7. The lowest BCUT2D eigenvalue weighted by Gasteiger charge is -2.11. The first-order valence-electron chi connectivity index (χ1n) is 9.48. The number of benzene rings is 2. The van der Waals surface area contributed by atoms with Crippen molar-refractivity contribution in [2.75, 3.05) is 0 Å². The number of aryl methyl sites for hydroxylation is 1. The van der Waals surface area contributed by atoms with Crippen molar-refractivity contribution in [3.63, 3.8) is 0 Å². The van der Waals surface area contributed by atoms with Crippen LogP contribution < -0.4 is 4.74 Å². The first-order chi connectivity index (χ1) is 12.9. The Balaban J connectivity index is 1.99. The van der Waals surface area contributed by atoms with Crippen LogP contribution >= 0.6 is 0 Å². The second kappa shape index (κ2) is 10.3. The van der Waals surface area contributed by atoms with Gasteiger partial charge in [-0.3, -0.25) is 4.55 Å². The summed E-state index contributed by atoms with van der Waals surface area (Å²) in [6.07, 6.45) is 9.06. The van der Waals surface area contributed by atoms with Crippen LogP contribution in [0.4, 0.5) is 0 Å². The lowest BCUT2D eigenvalue weighted by molar-refractivity contribution is 0.442. The summed E-state index contributed by atoms with van der Waals surface area (Å²) < 4.78 is 37.9. The van der Waals surface area contributed by atoms with Crippen LogP contribution in [0.1, 0.15) is 57.4 Å². The first-order valence-corrected chi connectivity index (χ1v) is 10.9. The molecule has 0 atom stereocenters. The van der Waals surface area contributed by atoms with Gasteiger partial charge in [-0.15, -0.1) is 0 Å². The predicted molar refractivity (Wildman–Crippen MR) is 106 cm³/mol. The number of aromatic hydroxyl groups is 1. The molecule has 2 rings (SSSR count). The molecule has 2 aromatic rings. The summed E-state index contributed by atoms with van der Waals surface area (Å²) in [6.45, 7) is 2.20. The highest BCUT2D eigenvalue weighted by atomic mass is 32.2. The van der Waals surface area contributed by atoms with Crippen molar-refractivity contribution in [3.8, 4) is 17.2 Å². The number of ether oxygens (including phenoxy) is 1. The number of hydrogen-bond donors (Lipinski definition) is 2. The minimum absolute atomic E-state index is 0.0487. The van der Waals surface area contributed by atoms with E-state index in [1.807, 2.05) is 0 Å². The van der Waals surface area contributed by atoms with Crippen LogP contribution in [0.15, 0.2) is 47.4 Å². The van der Waals surface area contributed by atoms with Crippen LogP contribution in [0.5, 0.6) is 17.2 Å². The van der Waals surface area contributed by atoms with Crippen LogP contribution in [0.3, 0.4) is 0 Å². The van der Waals surface area contributed by atoms with Crippen molar-refractivity contribution in [1.29, 1.82) is 0 Å². The molecule has 2 aromatic carbocycles. The number of para-hydroxylation sites is 1. The van der Waals surface area contributed by atoms with Gasteiger partial charge in [0.15, 0.2) is 0 Å². The Morgan fingerprint density at radius 1 is 0.926 bits per heavy atom. The summed E-state index contributed by atoms with van der Waals surface area (Å²) >= 11 is 0. The molecule has 5 nitrogen and oxygen atoms in total. The standard InChI is InChI=1S/C21H28O5S/c1-2-3-4-5-6-7-8-11-17-16-18(14-15-19(17)22)26-20-12-9-10-13-21(20)27(23,24)25/h9-10,12-16,22H,2-8,11H2,1H3,(H,23,24,25). The van der Waals surface area contributed by atoms with E-state index >= 15 is 0 Å². The summed E-state index contributed by atoms with van der Waals surface area (Å²) in [4.78, 5) is -0.285. The highest BCUT2D eigenvalue weighted by Crippen LogP contribution is 2.31. The highest BCUT2D eigenvalue weighted by molar-refractivity contribution is 7.86. The van der Waals surface area contributed by atoms with Crippen molar-refractivity contribution in [1.82, 2.24) is 0 Å². The van der Waals surface area contributed by atoms with Crippen molar-refractivity contribution in [2.45, 2.75) is 63.2 Å². The molecule has 148 valence electrons. The maximum absolute atomic E-state index is 11.5. The molecular weight excluding hydrogens is 364 g/mol. The molecule has 6 heteroatoms. The van der Waals surface area contributed by atoms with Gasteiger partial charge in [0.1, 0.15) is 22.1 Å². The topological polar surface area (TPSA) is 83.8 Å². The van der Waals surface area contributed by atoms with Gasteiger partial charge in [0.2, 0.25) is 0 Å². The maximum atomic E-state index is 11.5. The molecule has 2 N–H and O–H groups in total. The fraction of sp³-hybridized carbons (Fsp3) is 0.429. The van der Waals surface area contributed by atoms with Gasteiger partial charge in [-0.05, 0) is 48.7 Å². The minimum atomic E-state index is -4.37. The van der Waals surface area contributed by atoms with E-state index in [1.54, 1.807) is 24.3 Å². The van der Waals surface area contributed by atoms with E-state index in [4.69, 9.17) is 4.74 Å². The Labute approximate surface area is 161 Å². The van der Waals surface area contributed by atoms with Crippen LogP contribution in [0.25, 0.3) is 0 Å². The molecule has 0 fully saturated rings. The third kappa shape index (κ3) is 6.88. The van der Waals surface area contributed by atoms with Crippen LogP contribution in [0.2, 0.25) is 0 Å². The largest absolute Gasteiger partial charge is 0.508 e. The minimum Gasteiger partial charge on any atom is -0.508 e. The Hall–Kier alpha value is -2.05. The summed E-state index contributed by atoms with van der Waals surface area (Å²) in [5.74, 6) is 0.672. The molecule has 0 unspecified atom stereocenters. The van der Waals surface area contributed by atoms with Gasteiger partial charge in [0.05, 0.1) is 0 Å². The number of phenols is 1. The zero-order valence-electron chi connectivity index (χ0n) is 15.7. The third-order valence-corrected chi connectivity index (χ3v) is 5.35. The van der Waals surface area contributed by atoms with E-state index in [2.05, 4.69) is 6.92 Å². The molecule has 0 spiro atoms. The Morgan fingerprint density at radius 2 is 1.59 bits per heavy atom. The molecule has 0 aliphatic rings. The molecule has 0 aliphatic heterocycles. The quantitative estimate of drug-likeness (QED) is 0.377. The summed E-state index contributed by atoms with van der Waals surface area (Å²) in [6, 6.07) is 10.7. The molecule has 0 amide bonds. The number of hydrogen-bond acceptors (Lipinski definition) is 4. The highest BCUT2D eigenvalue weighted by Gasteiger charge is 2.16. The van der Waals surface area contributed by atoms with Crippen molar-refractivity contribution in [3.05, 3.63) is 48.0 Å². The fourth-order valence-electron chi connectivity index (χ4n) is 2.97. The number of unbranched alkanes of at least 4 members (excludes halogenated alkanes) is 6. The zero-order valence-corrected chi connectivity index (χ0v) is 16.5. The Bertz CT molecular complexity index is 830. The van der Waals surface area contributed by atoms with Gasteiger partial charge in [-0.25, -0.2) is 0 Å². The molecule has 0 bridgehead atoms. The normalized spacial score (nSPS) is 11.5. The average molecular weight is 393 g/mol. The van der Waals surface area contributed by atoms with Crippen molar-refractivity contribution >= 4 is 10.1 Å². The lowest BCUT2D eigenvalue weighted by Crippen LogP contribution is -2.01. The van der Waals surface area contributed by atoms with Crippen LogP contribution in [-0.4, -0.2) is 18.1 Å². The van der Waals surface area contributed by atoms with Gasteiger partial charge in [-0.2, -0.15) is 8.42 Å². The third-order valence-electron chi connectivity index (χ3n) is 4.46. The SMILES string of the molecule is CCCCCCCCCc1cc(Oc2ccccc2S(=O)(=O)O)ccc1O. The van der Waals surface area contributed by atoms with Gasteiger partial charge in [0, 0.05) is 0 Å². The molecule has 0 heterocycles. The molecule has 0 saturated carbocycles. The van der Waals surface area contributed by atoms with E-state index in [0.29, 0.717) is 5.75 Å². The maximum Gasteiger partial charge on any atom is 0.298 e. The predicted octanol–water partition coefficient (Wildman–Crippen LogP) is 5.72. The summed E-state index contributed by atoms with van der Waals surface area (Å²) in [5.41, 5.74) is 0.769. The fourth-order valence-corrected chi connectivity index (χ4v) is 3.59. The average Bonchev–Trinajstić information content (AvgIpc) is 2.63. The number of phenolic OH excluding ortho intramolecular Hbond substituents is 1. The van der Waals surface area contributed by atoms with E-state index in [0.717, 1.165) is 24.8 Å². The van der Waals surface area contributed by atoms with E-state index in [1.165, 1.54) is 50.3 Å². The van der Waals surface area contributed by atoms with Gasteiger partial charge in [0.25, 0.3) is 10.1 Å². The molecule has 0 radical (unpaired) electrons. The van der Waals surface area contributed by atoms with Gasteiger partial charge < -0.3 is 9.84 Å². The van der Waals surface area contributed by atoms with Crippen molar-refractivity contribution in [2.24, 2.45) is 0 Å². The number of rotatable bonds is 11. The summed E-state index contributed by atoms with van der Waals surface area (Å²) in [7, 11) is -4.37. The van der Waals surface area contributed by atoms with E-state index in [-0.39, 0.29) is 16.4 Å².